The van der Waals surface area contributed by atoms with Crippen LogP contribution >= 0.6 is 0 Å². The molecule has 3 rings (SSSR count). The van der Waals surface area contributed by atoms with Crippen molar-refractivity contribution < 1.29 is 5.11 Å². The van der Waals surface area contributed by atoms with Gasteiger partial charge in [0.1, 0.15) is 0 Å². The molecule has 0 bridgehead atoms. The molecule has 0 unspecified atom stereocenters. The van der Waals surface area contributed by atoms with Crippen molar-refractivity contribution in [3.8, 4) is 11.3 Å². The van der Waals surface area contributed by atoms with Crippen LogP contribution in [0.1, 0.15) is 68.6 Å². The summed E-state index contributed by atoms with van der Waals surface area (Å²) < 4.78 is 2.24. The number of pyridine rings is 2. The van der Waals surface area contributed by atoms with Crippen LogP contribution in [0.25, 0.3) is 22.3 Å². The summed E-state index contributed by atoms with van der Waals surface area (Å²) >= 11 is 0. The maximum atomic E-state index is 9.31. The van der Waals surface area contributed by atoms with Gasteiger partial charge in [0.2, 0.25) is 0 Å². The summed E-state index contributed by atoms with van der Waals surface area (Å²) in [6.45, 7) is 13.1. The number of aryl methyl sites for hydroxylation is 3. The Hall–Kier alpha value is -2.20. The summed E-state index contributed by atoms with van der Waals surface area (Å²) in [7, 11) is 0. The molecule has 27 heavy (non-hydrogen) atoms. The Kier molecular flexibility index (Phi) is 5.66. The fourth-order valence-electron chi connectivity index (χ4n) is 3.71. The molecule has 0 spiro atoms. The number of aromatic nitrogens is 3. The number of rotatable bonds is 6. The maximum absolute atomic E-state index is 9.31. The Labute approximate surface area is 162 Å². The smallest absolute Gasteiger partial charge is 0.0917 e. The van der Waals surface area contributed by atoms with Crippen molar-refractivity contribution >= 4 is 11.0 Å². The molecule has 0 saturated heterocycles. The molecule has 0 aromatic carbocycles. The highest BCUT2D eigenvalue weighted by Crippen LogP contribution is 2.32. The van der Waals surface area contributed by atoms with Crippen LogP contribution in [0.15, 0.2) is 24.4 Å². The topological polar surface area (TPSA) is 50.9 Å². The van der Waals surface area contributed by atoms with E-state index in [1.165, 1.54) is 5.56 Å². The molecule has 144 valence electrons. The van der Waals surface area contributed by atoms with Crippen molar-refractivity contribution in [1.29, 1.82) is 0 Å². The molecule has 0 aliphatic heterocycles. The minimum Gasteiger partial charge on any atom is -0.396 e. The fourth-order valence-corrected chi connectivity index (χ4v) is 3.71. The first-order valence-corrected chi connectivity index (χ1v) is 9.97. The van der Waals surface area contributed by atoms with Crippen LogP contribution in [0, 0.1) is 13.8 Å². The molecule has 4 nitrogen and oxygen atoms in total. The highest BCUT2D eigenvalue weighted by molar-refractivity contribution is 5.84. The van der Waals surface area contributed by atoms with Gasteiger partial charge in [-0.15, -0.1) is 0 Å². The molecule has 0 saturated carbocycles. The summed E-state index contributed by atoms with van der Waals surface area (Å²) in [4.78, 5) is 9.96. The molecular formula is C23H31N3O. The minimum absolute atomic E-state index is 0.193. The summed E-state index contributed by atoms with van der Waals surface area (Å²) in [6.07, 6.45) is 3.79. The third-order valence-corrected chi connectivity index (χ3v) is 5.38. The lowest BCUT2D eigenvalue weighted by Crippen LogP contribution is -2.06. The van der Waals surface area contributed by atoms with E-state index >= 15 is 0 Å². The highest BCUT2D eigenvalue weighted by Gasteiger charge is 2.17. The van der Waals surface area contributed by atoms with Gasteiger partial charge in [0, 0.05) is 35.8 Å². The first-order valence-electron chi connectivity index (χ1n) is 9.97. The van der Waals surface area contributed by atoms with Gasteiger partial charge in [-0.2, -0.15) is 0 Å². The largest absolute Gasteiger partial charge is 0.396 e. The maximum Gasteiger partial charge on any atom is 0.0917 e. The van der Waals surface area contributed by atoms with E-state index in [4.69, 9.17) is 9.97 Å². The molecule has 0 fully saturated rings. The van der Waals surface area contributed by atoms with Crippen molar-refractivity contribution in [2.75, 3.05) is 6.61 Å². The number of aliphatic hydroxyl groups is 1. The summed E-state index contributed by atoms with van der Waals surface area (Å²) in [6, 6.07) is 6.79. The average molecular weight is 366 g/mol. The summed E-state index contributed by atoms with van der Waals surface area (Å²) in [5, 5.41) is 9.31. The second-order valence-corrected chi connectivity index (χ2v) is 7.84. The van der Waals surface area contributed by atoms with Gasteiger partial charge in [-0.1, -0.05) is 20.8 Å². The van der Waals surface area contributed by atoms with Crippen LogP contribution in [-0.4, -0.2) is 26.2 Å². The predicted octanol–water partition coefficient (Wildman–Crippen LogP) is 5.34. The predicted molar refractivity (Wildman–Crippen MR) is 112 cm³/mol. The molecule has 0 aliphatic carbocycles. The highest BCUT2D eigenvalue weighted by atomic mass is 16.3. The first kappa shape index (κ1) is 19.6. The lowest BCUT2D eigenvalue weighted by Gasteiger charge is -2.16. The zero-order chi connectivity index (χ0) is 19.7. The fraction of sp³-hybridized carbons (Fsp3) is 0.478. The van der Waals surface area contributed by atoms with Crippen LogP contribution < -0.4 is 0 Å². The van der Waals surface area contributed by atoms with Gasteiger partial charge in [0.25, 0.3) is 0 Å². The molecule has 3 heterocycles. The Balaban J connectivity index is 2.17. The number of aliphatic hydroxyl groups excluding tert-OH is 1. The minimum atomic E-state index is 0.193. The molecule has 0 aliphatic rings. The van der Waals surface area contributed by atoms with E-state index in [0.717, 1.165) is 52.1 Å². The van der Waals surface area contributed by atoms with Gasteiger partial charge in [0.15, 0.2) is 0 Å². The van der Waals surface area contributed by atoms with E-state index in [1.807, 2.05) is 0 Å². The second kappa shape index (κ2) is 7.81. The molecule has 1 N–H and O–H groups in total. The van der Waals surface area contributed by atoms with E-state index in [2.05, 4.69) is 70.5 Å². The summed E-state index contributed by atoms with van der Waals surface area (Å²) in [5.41, 5.74) is 8.91. The van der Waals surface area contributed by atoms with E-state index in [-0.39, 0.29) is 12.6 Å². The van der Waals surface area contributed by atoms with Crippen LogP contribution in [0.4, 0.5) is 0 Å². The van der Waals surface area contributed by atoms with Gasteiger partial charge < -0.3 is 9.67 Å². The lowest BCUT2D eigenvalue weighted by molar-refractivity contribution is 0.264. The monoisotopic (exact) mass is 365 g/mol. The van der Waals surface area contributed by atoms with Gasteiger partial charge in [-0.25, -0.2) is 4.98 Å². The normalized spacial score (nSPS) is 12.9. The molecule has 0 radical (unpaired) electrons. The van der Waals surface area contributed by atoms with E-state index in [0.29, 0.717) is 5.92 Å². The molecule has 3 aromatic heterocycles. The molecule has 1 atom stereocenters. The van der Waals surface area contributed by atoms with E-state index < -0.39 is 0 Å². The first-order chi connectivity index (χ1) is 12.9. The number of hydrogen-bond acceptors (Lipinski definition) is 3. The average Bonchev–Trinajstić information content (AvgIpc) is 2.96. The Bertz CT molecular complexity index is 956. The number of nitrogens with zero attached hydrogens (tertiary/aromatic N) is 3. The van der Waals surface area contributed by atoms with Crippen molar-refractivity contribution in [2.45, 2.75) is 66.3 Å². The summed E-state index contributed by atoms with van der Waals surface area (Å²) in [5.74, 6) is 0.421. The molecular weight excluding hydrogens is 334 g/mol. The standard InChI is InChI=1S/C23H31N3O/c1-7-19-18(8-9-20(24-19)14(2)3)22-15(4)12-21-23(25-22)16(5)13-26(21)17(6)10-11-27/h8-9,12-14,17,27H,7,10-11H2,1-6H3/t17-/m1/s1. The second-order valence-electron chi connectivity index (χ2n) is 7.84. The van der Waals surface area contributed by atoms with Crippen LogP contribution in [0.3, 0.4) is 0 Å². The van der Waals surface area contributed by atoms with Crippen LogP contribution in [0.2, 0.25) is 0 Å². The van der Waals surface area contributed by atoms with Gasteiger partial charge in [-0.3, -0.25) is 4.98 Å². The molecule has 3 aromatic rings. The SMILES string of the molecule is CCc1nc(C(C)C)ccc1-c1nc2c(C)cn([C@H](C)CCO)c2cc1C. The third-order valence-electron chi connectivity index (χ3n) is 5.38. The van der Waals surface area contributed by atoms with E-state index in [1.54, 1.807) is 0 Å². The van der Waals surface area contributed by atoms with Gasteiger partial charge in [0.05, 0.1) is 16.7 Å². The quantitative estimate of drug-likeness (QED) is 0.641. The third kappa shape index (κ3) is 3.63. The van der Waals surface area contributed by atoms with Crippen LogP contribution in [-0.2, 0) is 6.42 Å². The van der Waals surface area contributed by atoms with E-state index in [9.17, 15) is 5.11 Å². The Morgan fingerprint density at radius 1 is 1.07 bits per heavy atom. The van der Waals surface area contributed by atoms with Crippen molar-refractivity contribution in [2.24, 2.45) is 0 Å². The Morgan fingerprint density at radius 3 is 2.44 bits per heavy atom. The zero-order valence-corrected chi connectivity index (χ0v) is 17.4. The van der Waals surface area contributed by atoms with Crippen molar-refractivity contribution in [3.05, 3.63) is 46.9 Å². The number of hydrogen-bond donors (Lipinski definition) is 1. The van der Waals surface area contributed by atoms with Crippen molar-refractivity contribution in [1.82, 2.24) is 14.5 Å². The van der Waals surface area contributed by atoms with Gasteiger partial charge >= 0.3 is 0 Å². The Morgan fingerprint density at radius 2 is 1.81 bits per heavy atom. The number of fused-ring (bicyclic) bond motifs is 1. The van der Waals surface area contributed by atoms with Gasteiger partial charge in [-0.05, 0) is 68.9 Å². The molecule has 4 heteroatoms. The zero-order valence-electron chi connectivity index (χ0n) is 17.4. The van der Waals surface area contributed by atoms with Crippen molar-refractivity contribution in [3.63, 3.8) is 0 Å². The molecule has 0 amide bonds. The van der Waals surface area contributed by atoms with Crippen LogP contribution in [0.5, 0.6) is 0 Å². The lowest BCUT2D eigenvalue weighted by atomic mass is 10.0.